The third kappa shape index (κ3) is 3.97. The van der Waals surface area contributed by atoms with Gasteiger partial charge in [0, 0.05) is 19.6 Å². The molecule has 0 spiro atoms. The molecular weight excluding hydrogens is 340 g/mol. The molecule has 0 bridgehead atoms. The second kappa shape index (κ2) is 8.45. The standard InChI is InChI=1S/C17H28N6O.ClH/c24-17(15-3-1-2-10-23-16(15)19-20-21-23)22-11-6-14(7-12-22)13-4-8-18-9-5-13;/h13-15,18H,1-12H2;1H. The molecule has 8 heteroatoms. The third-order valence-electron chi connectivity index (χ3n) is 6.18. The van der Waals surface area contributed by atoms with E-state index in [2.05, 4.69) is 25.7 Å². The highest BCUT2D eigenvalue weighted by Crippen LogP contribution is 2.33. The minimum atomic E-state index is -0.141. The molecule has 1 unspecified atom stereocenters. The van der Waals surface area contributed by atoms with Gasteiger partial charge in [-0.3, -0.25) is 4.79 Å². The Balaban J connectivity index is 0.00000182. The van der Waals surface area contributed by atoms with Crippen molar-refractivity contribution in [3.8, 4) is 0 Å². The summed E-state index contributed by atoms with van der Waals surface area (Å²) in [6.45, 7) is 4.98. The maximum absolute atomic E-state index is 13.1. The molecule has 2 fully saturated rings. The highest BCUT2D eigenvalue weighted by molar-refractivity contribution is 5.85. The quantitative estimate of drug-likeness (QED) is 0.858. The van der Waals surface area contributed by atoms with Crippen LogP contribution in [0.5, 0.6) is 0 Å². The van der Waals surface area contributed by atoms with Gasteiger partial charge in [0.25, 0.3) is 0 Å². The van der Waals surface area contributed by atoms with Crippen LogP contribution in [-0.2, 0) is 11.3 Å². The summed E-state index contributed by atoms with van der Waals surface area (Å²) in [6, 6.07) is 0. The first-order valence-corrected chi connectivity index (χ1v) is 9.58. The monoisotopic (exact) mass is 368 g/mol. The van der Waals surface area contributed by atoms with Gasteiger partial charge in [0.2, 0.25) is 5.91 Å². The number of hydrogen-bond acceptors (Lipinski definition) is 5. The third-order valence-corrected chi connectivity index (χ3v) is 6.18. The maximum atomic E-state index is 13.1. The van der Waals surface area contributed by atoms with Gasteiger partial charge in [-0.05, 0) is 73.9 Å². The van der Waals surface area contributed by atoms with Gasteiger partial charge in [0.05, 0.1) is 5.92 Å². The molecule has 1 amide bonds. The average Bonchev–Trinajstić information content (AvgIpc) is 3.01. The normalized spacial score (nSPS) is 25.8. The first kappa shape index (κ1) is 18.6. The van der Waals surface area contributed by atoms with Crippen LogP contribution in [-0.4, -0.2) is 57.2 Å². The molecule has 1 aromatic heterocycles. The summed E-state index contributed by atoms with van der Waals surface area (Å²) in [6.07, 6.45) is 7.92. The number of aryl methyl sites for hydroxylation is 1. The zero-order chi connectivity index (χ0) is 16.4. The van der Waals surface area contributed by atoms with Crippen LogP contribution in [0.2, 0.25) is 0 Å². The molecule has 25 heavy (non-hydrogen) atoms. The highest BCUT2D eigenvalue weighted by atomic mass is 35.5. The van der Waals surface area contributed by atoms with Crippen LogP contribution < -0.4 is 5.32 Å². The van der Waals surface area contributed by atoms with Crippen molar-refractivity contribution in [2.75, 3.05) is 26.2 Å². The molecule has 1 aromatic rings. The highest BCUT2D eigenvalue weighted by Gasteiger charge is 2.35. The number of tetrazole rings is 1. The predicted molar refractivity (Wildman–Crippen MR) is 96.6 cm³/mol. The number of amides is 1. The molecule has 0 saturated carbocycles. The number of rotatable bonds is 2. The number of carbonyl (C=O) groups is 1. The fraction of sp³-hybridized carbons (Fsp3) is 0.882. The van der Waals surface area contributed by atoms with E-state index in [1.165, 1.54) is 12.8 Å². The number of hydrogen-bond donors (Lipinski definition) is 1. The molecule has 7 nitrogen and oxygen atoms in total. The Morgan fingerprint density at radius 1 is 0.960 bits per heavy atom. The van der Waals surface area contributed by atoms with E-state index >= 15 is 0 Å². The first-order chi connectivity index (χ1) is 11.8. The number of fused-ring (bicyclic) bond motifs is 1. The maximum Gasteiger partial charge on any atom is 0.233 e. The molecule has 3 aliphatic heterocycles. The summed E-state index contributed by atoms with van der Waals surface area (Å²) in [5.41, 5.74) is 0. The van der Waals surface area contributed by atoms with Crippen LogP contribution in [0.25, 0.3) is 0 Å². The van der Waals surface area contributed by atoms with Crippen LogP contribution in [0, 0.1) is 11.8 Å². The molecule has 0 aromatic carbocycles. The first-order valence-electron chi connectivity index (χ1n) is 9.58. The van der Waals surface area contributed by atoms with Crippen LogP contribution in [0.15, 0.2) is 0 Å². The van der Waals surface area contributed by atoms with Gasteiger partial charge in [-0.2, -0.15) is 0 Å². The van der Waals surface area contributed by atoms with Gasteiger partial charge in [0.1, 0.15) is 0 Å². The molecule has 4 heterocycles. The summed E-state index contributed by atoms with van der Waals surface area (Å²) in [5.74, 6) is 2.54. The van der Waals surface area contributed by atoms with E-state index in [1.54, 1.807) is 0 Å². The van der Waals surface area contributed by atoms with Crippen LogP contribution in [0.3, 0.4) is 0 Å². The van der Waals surface area contributed by atoms with E-state index in [0.29, 0.717) is 0 Å². The lowest BCUT2D eigenvalue weighted by Crippen LogP contribution is -2.44. The SMILES string of the molecule is Cl.O=C(C1CCCCn2nnnc21)N1CCC(C2CCNCC2)CC1. The number of carbonyl (C=O) groups excluding carboxylic acids is 1. The number of nitrogens with one attached hydrogen (secondary N) is 1. The average molecular weight is 369 g/mol. The fourth-order valence-electron chi connectivity index (χ4n) is 4.72. The summed E-state index contributed by atoms with van der Waals surface area (Å²) >= 11 is 0. The van der Waals surface area contributed by atoms with E-state index in [0.717, 1.165) is 82.5 Å². The van der Waals surface area contributed by atoms with E-state index in [4.69, 9.17) is 0 Å². The summed E-state index contributed by atoms with van der Waals surface area (Å²) < 4.78 is 1.83. The van der Waals surface area contributed by atoms with Crippen LogP contribution in [0.4, 0.5) is 0 Å². The molecular formula is C17H29ClN6O. The number of nitrogens with zero attached hydrogens (tertiary/aromatic N) is 5. The van der Waals surface area contributed by atoms with E-state index in [-0.39, 0.29) is 24.2 Å². The predicted octanol–water partition coefficient (Wildman–Crippen LogP) is 1.60. The van der Waals surface area contributed by atoms with Gasteiger partial charge in [-0.15, -0.1) is 17.5 Å². The molecule has 2 saturated heterocycles. The van der Waals surface area contributed by atoms with Crippen molar-refractivity contribution in [1.82, 2.24) is 30.4 Å². The van der Waals surface area contributed by atoms with Crippen LogP contribution in [0.1, 0.15) is 56.7 Å². The van der Waals surface area contributed by atoms with Gasteiger partial charge < -0.3 is 10.2 Å². The number of likely N-dealkylation sites (tertiary alicyclic amines) is 1. The lowest BCUT2D eigenvalue weighted by atomic mass is 9.79. The second-order valence-electron chi connectivity index (χ2n) is 7.56. The molecule has 4 rings (SSSR count). The summed E-state index contributed by atoms with van der Waals surface area (Å²) in [5, 5.41) is 15.4. The van der Waals surface area contributed by atoms with Crippen molar-refractivity contribution < 1.29 is 4.79 Å². The molecule has 0 aliphatic carbocycles. The Morgan fingerprint density at radius 2 is 1.68 bits per heavy atom. The minimum Gasteiger partial charge on any atom is -0.342 e. The largest absolute Gasteiger partial charge is 0.342 e. The fourth-order valence-corrected chi connectivity index (χ4v) is 4.72. The van der Waals surface area contributed by atoms with Crippen molar-refractivity contribution in [2.24, 2.45) is 11.8 Å². The lowest BCUT2D eigenvalue weighted by molar-refractivity contribution is -0.135. The number of halogens is 1. The Hall–Kier alpha value is -1.21. The van der Waals surface area contributed by atoms with Gasteiger partial charge in [-0.25, -0.2) is 4.68 Å². The summed E-state index contributed by atoms with van der Waals surface area (Å²) in [4.78, 5) is 15.1. The van der Waals surface area contributed by atoms with E-state index in [1.807, 2.05) is 4.68 Å². The van der Waals surface area contributed by atoms with E-state index < -0.39 is 0 Å². The zero-order valence-electron chi connectivity index (χ0n) is 14.8. The molecule has 1 atom stereocenters. The number of aromatic nitrogens is 4. The Kier molecular flexibility index (Phi) is 6.28. The molecule has 140 valence electrons. The van der Waals surface area contributed by atoms with Crippen molar-refractivity contribution in [3.63, 3.8) is 0 Å². The Bertz CT molecular complexity index is 565. The minimum absolute atomic E-state index is 0. The molecule has 3 aliphatic rings. The van der Waals surface area contributed by atoms with Gasteiger partial charge in [-0.1, -0.05) is 6.42 Å². The van der Waals surface area contributed by atoms with Crippen LogP contribution >= 0.6 is 12.4 Å². The van der Waals surface area contributed by atoms with Crippen molar-refractivity contribution in [2.45, 2.75) is 57.4 Å². The summed E-state index contributed by atoms with van der Waals surface area (Å²) in [7, 11) is 0. The van der Waals surface area contributed by atoms with Gasteiger partial charge >= 0.3 is 0 Å². The van der Waals surface area contributed by atoms with E-state index in [9.17, 15) is 4.79 Å². The lowest BCUT2D eigenvalue weighted by Gasteiger charge is -2.38. The number of piperidine rings is 2. The van der Waals surface area contributed by atoms with Crippen molar-refractivity contribution in [3.05, 3.63) is 5.82 Å². The topological polar surface area (TPSA) is 75.9 Å². The molecule has 0 radical (unpaired) electrons. The van der Waals surface area contributed by atoms with Crippen molar-refractivity contribution >= 4 is 18.3 Å². The van der Waals surface area contributed by atoms with Crippen molar-refractivity contribution in [1.29, 1.82) is 0 Å². The molecule has 1 N–H and O–H groups in total. The zero-order valence-corrected chi connectivity index (χ0v) is 15.6. The Morgan fingerprint density at radius 3 is 2.44 bits per heavy atom. The smallest absolute Gasteiger partial charge is 0.233 e. The second-order valence-corrected chi connectivity index (χ2v) is 7.56. The van der Waals surface area contributed by atoms with Gasteiger partial charge in [0.15, 0.2) is 5.82 Å². The Labute approximate surface area is 155 Å².